The van der Waals surface area contributed by atoms with Crippen LogP contribution in [0.3, 0.4) is 0 Å². The van der Waals surface area contributed by atoms with E-state index >= 15 is 0 Å². The van der Waals surface area contributed by atoms with E-state index in [9.17, 15) is 32.1 Å². The molecule has 0 atom stereocenters. The zero-order valence-electron chi connectivity index (χ0n) is 49.4. The second-order valence-corrected chi connectivity index (χ2v) is 24.7. The number of primary amides is 1. The summed E-state index contributed by atoms with van der Waals surface area (Å²) in [5.41, 5.74) is 15.0. The predicted molar refractivity (Wildman–Crippen MR) is 318 cm³/mol. The van der Waals surface area contributed by atoms with E-state index in [1.165, 1.54) is 11.1 Å². The Bertz CT molecular complexity index is 3250. The normalized spacial score (nSPS) is 19.5. The highest BCUT2D eigenvalue weighted by Crippen LogP contribution is 2.48. The molecular formula is C63H81N9O11S. The minimum Gasteiger partial charge on any atom is -0.748 e. The van der Waals surface area contributed by atoms with Gasteiger partial charge in [-0.05, 0) is 101 Å². The van der Waals surface area contributed by atoms with Crippen molar-refractivity contribution in [2.75, 3.05) is 95.0 Å². The molecule has 84 heavy (non-hydrogen) atoms. The summed E-state index contributed by atoms with van der Waals surface area (Å²) in [6, 6.07) is 27.9. The van der Waals surface area contributed by atoms with Crippen molar-refractivity contribution >= 4 is 74.0 Å². The third-order valence-corrected chi connectivity index (χ3v) is 17.0. The number of unbranched alkanes of at least 4 members (excludes halogenated alkanes) is 2. The van der Waals surface area contributed by atoms with E-state index in [4.69, 9.17) is 30.5 Å². The van der Waals surface area contributed by atoms with Crippen LogP contribution in [0, 0.1) is 0 Å². The number of nitrogens with two attached hydrogens (primary N) is 1. The summed E-state index contributed by atoms with van der Waals surface area (Å²) in [4.78, 5) is 74.8. The number of piperazine rings is 3. The lowest BCUT2D eigenvalue weighted by molar-refractivity contribution is -1.08. The fraction of sp³-hybridized carbons (Fsp3) is 0.429. The molecule has 21 heteroatoms. The maximum absolute atomic E-state index is 13.3. The van der Waals surface area contributed by atoms with Crippen LogP contribution in [0.15, 0.2) is 121 Å². The summed E-state index contributed by atoms with van der Waals surface area (Å²) in [5, 5.41) is 26.3. The van der Waals surface area contributed by atoms with Crippen LogP contribution in [0.2, 0.25) is 0 Å². The van der Waals surface area contributed by atoms with Crippen molar-refractivity contribution in [2.45, 2.75) is 90.9 Å². The Morgan fingerprint density at radius 1 is 0.762 bits per heavy atom. The molecule has 5 aliphatic heterocycles. The van der Waals surface area contributed by atoms with Crippen LogP contribution >= 0.6 is 0 Å². The molecule has 6 heterocycles. The molecule has 3 aromatic carbocycles. The fourth-order valence-electron chi connectivity index (χ4n) is 11.7. The average Bonchev–Trinajstić information content (AvgIpc) is 2.57. The van der Waals surface area contributed by atoms with Crippen LogP contribution in [0.5, 0.6) is 0 Å². The van der Waals surface area contributed by atoms with Gasteiger partial charge in [0.1, 0.15) is 46.3 Å². The highest BCUT2D eigenvalue weighted by atomic mass is 32.2. The SMILES string of the molecule is CC(=O)[O-].CC(=O)[O-].C[N+]1=C(/C=C/C(=C/C=C2\N(CCCS(=O)(=O)[O-])c3ccccc3C2(C)C)c2ccc(C(=O)NCCCCCC(=O)NCC(=O)Nc3ccc(CC[N+]45CC[N+](CC(N)=O)(CC4)CC5)cc3)cn2)C(C)(C)c2ccccc21. The Hall–Kier alpha value is -7.85. The molecule has 3 saturated heterocycles. The van der Waals surface area contributed by atoms with Crippen LogP contribution in [-0.2, 0) is 51.3 Å². The van der Waals surface area contributed by atoms with Crippen molar-refractivity contribution in [1.29, 1.82) is 0 Å². The van der Waals surface area contributed by atoms with Gasteiger partial charge in [0.2, 0.25) is 17.5 Å². The van der Waals surface area contributed by atoms with Crippen LogP contribution in [-0.4, -0.2) is 158 Å². The molecule has 2 bridgehead atoms. The number of hydrogen-bond donors (Lipinski definition) is 4. The first-order valence-electron chi connectivity index (χ1n) is 28.5. The number of benzene rings is 3. The van der Waals surface area contributed by atoms with Gasteiger partial charge in [0.05, 0.1) is 39.9 Å². The Kier molecular flexibility index (Phi) is 22.3. The third-order valence-electron chi connectivity index (χ3n) is 16.2. The first kappa shape index (κ1) is 65.3. The van der Waals surface area contributed by atoms with E-state index in [0.29, 0.717) is 55.8 Å². The van der Waals surface area contributed by atoms with Gasteiger partial charge in [0.15, 0.2) is 12.3 Å². The molecule has 0 spiro atoms. The number of fused-ring (bicyclic) bond motifs is 5. The van der Waals surface area contributed by atoms with Crippen molar-refractivity contribution in [3.63, 3.8) is 0 Å². The monoisotopic (exact) mass is 1170 g/mol. The molecule has 4 amide bonds. The Balaban J connectivity index is 0.00000133. The number of amides is 4. The van der Waals surface area contributed by atoms with Gasteiger partial charge in [-0.2, -0.15) is 4.58 Å². The van der Waals surface area contributed by atoms with Crippen molar-refractivity contribution < 1.29 is 65.5 Å². The highest BCUT2D eigenvalue weighted by Gasteiger charge is 2.49. The topological polar surface area (TPSA) is 287 Å². The number of carboxylic acids is 2. The second-order valence-electron chi connectivity index (χ2n) is 23.1. The van der Waals surface area contributed by atoms with E-state index in [-0.39, 0.29) is 48.4 Å². The smallest absolute Gasteiger partial charge is 0.272 e. The van der Waals surface area contributed by atoms with Gasteiger partial charge >= 0.3 is 0 Å². The number of nitrogens with zero attached hydrogens (tertiary/aromatic N) is 5. The largest absolute Gasteiger partial charge is 0.748 e. The van der Waals surface area contributed by atoms with Crippen molar-refractivity contribution in [1.82, 2.24) is 15.6 Å². The fourth-order valence-corrected chi connectivity index (χ4v) is 12.2. The molecule has 4 aromatic rings. The summed E-state index contributed by atoms with van der Waals surface area (Å²) in [6.07, 6.45) is 13.2. The van der Waals surface area contributed by atoms with E-state index in [1.54, 1.807) is 12.3 Å². The number of carboxylic acid groups (broad SMARTS) is 2. The maximum atomic E-state index is 13.3. The van der Waals surface area contributed by atoms with Crippen LogP contribution in [0.4, 0.5) is 17.1 Å². The summed E-state index contributed by atoms with van der Waals surface area (Å²) in [6.45, 7) is 19.0. The maximum Gasteiger partial charge on any atom is 0.272 e. The van der Waals surface area contributed by atoms with Gasteiger partial charge in [-0.25, -0.2) is 8.42 Å². The van der Waals surface area contributed by atoms with Crippen LogP contribution in [0.25, 0.3) is 5.57 Å². The van der Waals surface area contributed by atoms with E-state index in [2.05, 4.69) is 90.5 Å². The van der Waals surface area contributed by atoms with Crippen LogP contribution in [0.1, 0.15) is 106 Å². The van der Waals surface area contributed by atoms with Gasteiger partial charge in [0.25, 0.3) is 11.8 Å². The number of hydrogen-bond acceptors (Lipinski definition) is 13. The Labute approximate surface area is 493 Å². The number of carbonyl (C=O) groups is 6. The molecule has 0 radical (unpaired) electrons. The molecule has 9 rings (SSSR count). The molecule has 5 aliphatic rings. The lowest BCUT2D eigenvalue weighted by Gasteiger charge is -2.55. The molecule has 1 aromatic heterocycles. The Morgan fingerprint density at radius 3 is 1.99 bits per heavy atom. The third kappa shape index (κ3) is 17.8. The minimum atomic E-state index is -4.38. The summed E-state index contributed by atoms with van der Waals surface area (Å²) in [5.74, 6) is -3.60. The molecule has 0 saturated carbocycles. The number of rotatable bonds is 23. The van der Waals surface area contributed by atoms with E-state index < -0.39 is 33.2 Å². The van der Waals surface area contributed by atoms with Crippen molar-refractivity contribution in [3.8, 4) is 0 Å². The first-order chi connectivity index (χ1) is 39.6. The van der Waals surface area contributed by atoms with Crippen molar-refractivity contribution in [2.24, 2.45) is 5.73 Å². The van der Waals surface area contributed by atoms with E-state index in [1.807, 2.05) is 72.8 Å². The second kappa shape index (κ2) is 28.6. The quantitative estimate of drug-likeness (QED) is 0.0272. The number of aliphatic carboxylic acids is 2. The molecule has 5 N–H and O–H groups in total. The number of pyridine rings is 1. The van der Waals surface area contributed by atoms with Crippen LogP contribution < -0.4 is 36.8 Å². The zero-order valence-corrected chi connectivity index (χ0v) is 50.2. The number of anilines is 2. The minimum absolute atomic E-state index is 0.125. The number of carbonyl (C=O) groups excluding carboxylic acids is 6. The molecule has 450 valence electrons. The number of quaternary nitrogens is 2. The van der Waals surface area contributed by atoms with Crippen molar-refractivity contribution in [3.05, 3.63) is 149 Å². The summed E-state index contributed by atoms with van der Waals surface area (Å²) >= 11 is 0. The lowest BCUT2D eigenvalue weighted by atomic mass is 9.81. The van der Waals surface area contributed by atoms with Gasteiger partial charge < -0.3 is 59.9 Å². The number of nitrogens with one attached hydrogen (secondary N) is 3. The number of aromatic nitrogens is 1. The summed E-state index contributed by atoms with van der Waals surface area (Å²) in [7, 11) is -2.31. The number of allylic oxidation sites excluding steroid dienone is 6. The highest BCUT2D eigenvalue weighted by molar-refractivity contribution is 7.85. The van der Waals surface area contributed by atoms with Gasteiger partial charge in [-0.1, -0.05) is 74.9 Å². The molecular weight excluding hydrogens is 1090 g/mol. The lowest BCUT2D eigenvalue weighted by Crippen LogP contribution is -2.76. The average molecular weight is 1170 g/mol. The summed E-state index contributed by atoms with van der Waals surface area (Å²) < 4.78 is 38.9. The standard InChI is InChI=1S/C59H73N9O7S.2C2H4O2/c1-58(2)47-14-8-10-16-50(47)65(5)52(58)27-22-44(23-28-53-59(3,4)48-15-9-11-17-51(48)66(53)31-13-39-76(73,74)75)49-26-21-45(40-62-49)57(72)61-30-12-6-7-18-55(70)63-41-56(71)64-46-24-19-43(20-25-46)29-32-67-33-36-68(37-34-67,38-35-67)42-54(60)69;2*1-2(3)4/h8-11,14-17,19-28,40H,6-7,12-13,18,29-39,41-42H2,1-5H3,(H3-3,60,61,63,64,69,70,71,72,73,74,75);2*1H3,(H,3,4). The zero-order chi connectivity index (χ0) is 61.5. The predicted octanol–water partition coefficient (Wildman–Crippen LogP) is 3.59. The molecule has 20 nitrogen and oxygen atoms in total. The molecule has 3 fully saturated rings. The molecule has 0 unspecified atom stereocenters. The molecule has 0 aliphatic carbocycles. The van der Waals surface area contributed by atoms with E-state index in [0.717, 1.165) is 109 Å². The van der Waals surface area contributed by atoms with Gasteiger partial charge in [0, 0.05) is 95.6 Å². The number of para-hydroxylation sites is 2. The van der Waals surface area contributed by atoms with Gasteiger partial charge in [-0.15, -0.1) is 0 Å². The Morgan fingerprint density at radius 2 is 1.38 bits per heavy atom. The van der Waals surface area contributed by atoms with Gasteiger partial charge in [-0.3, -0.25) is 24.2 Å². The first-order valence-corrected chi connectivity index (χ1v) is 30.1.